The number of ketones is 1. The van der Waals surface area contributed by atoms with Gasteiger partial charge < -0.3 is 10.6 Å². The van der Waals surface area contributed by atoms with E-state index in [1.54, 1.807) is 36.5 Å². The molecule has 0 saturated heterocycles. The third-order valence-corrected chi connectivity index (χ3v) is 4.75. The molecule has 0 aliphatic rings. The van der Waals surface area contributed by atoms with Gasteiger partial charge in [-0.2, -0.15) is 0 Å². The molecule has 148 valence electrons. The van der Waals surface area contributed by atoms with Crippen molar-refractivity contribution < 1.29 is 9.59 Å². The second-order valence-electron chi connectivity index (χ2n) is 7.37. The Morgan fingerprint density at radius 3 is 2.31 bits per heavy atom. The third-order valence-electron chi connectivity index (χ3n) is 4.75. The molecule has 3 rings (SSSR count). The summed E-state index contributed by atoms with van der Waals surface area (Å²) >= 11 is 0. The molecule has 0 spiro atoms. The number of pyridine rings is 1. The zero-order valence-electron chi connectivity index (χ0n) is 17.1. The van der Waals surface area contributed by atoms with Gasteiger partial charge in [-0.1, -0.05) is 32.0 Å². The van der Waals surface area contributed by atoms with Crippen molar-refractivity contribution in [1.29, 1.82) is 0 Å². The van der Waals surface area contributed by atoms with E-state index in [0.717, 1.165) is 16.9 Å². The number of hydrogen-bond donors (Lipinski definition) is 2. The molecule has 29 heavy (non-hydrogen) atoms. The molecule has 0 aliphatic heterocycles. The molecule has 2 aromatic carbocycles. The fourth-order valence-electron chi connectivity index (χ4n) is 3.11. The molecule has 0 saturated carbocycles. The number of rotatable bonds is 6. The Bertz CT molecular complexity index is 1040. The molecule has 0 aliphatic carbocycles. The van der Waals surface area contributed by atoms with Crippen molar-refractivity contribution >= 4 is 28.8 Å². The summed E-state index contributed by atoms with van der Waals surface area (Å²) in [4.78, 5) is 28.2. The number of aryl methyl sites for hydroxylation is 1. The maximum Gasteiger partial charge on any atom is 0.257 e. The van der Waals surface area contributed by atoms with Crippen LogP contribution in [0.4, 0.5) is 17.1 Å². The van der Waals surface area contributed by atoms with E-state index in [-0.39, 0.29) is 11.7 Å². The lowest BCUT2D eigenvalue weighted by Gasteiger charge is -2.17. The molecule has 3 aromatic rings. The first-order valence-electron chi connectivity index (χ1n) is 9.59. The highest BCUT2D eigenvalue weighted by atomic mass is 16.1. The summed E-state index contributed by atoms with van der Waals surface area (Å²) in [5, 5.41) is 6.26. The Balaban J connectivity index is 1.79. The molecule has 0 fully saturated rings. The second kappa shape index (κ2) is 8.69. The Kier molecular flexibility index (Phi) is 6.07. The molecule has 5 nitrogen and oxygen atoms in total. The quantitative estimate of drug-likeness (QED) is 0.531. The van der Waals surface area contributed by atoms with Gasteiger partial charge in [0.25, 0.3) is 5.91 Å². The maximum atomic E-state index is 12.6. The van der Waals surface area contributed by atoms with Crippen LogP contribution in [-0.4, -0.2) is 16.7 Å². The molecule has 5 heteroatoms. The highest BCUT2D eigenvalue weighted by molar-refractivity contribution is 6.05. The summed E-state index contributed by atoms with van der Waals surface area (Å²) in [6.07, 6.45) is 3.24. The maximum absolute atomic E-state index is 12.6. The van der Waals surface area contributed by atoms with Crippen molar-refractivity contribution in [3.05, 3.63) is 83.2 Å². The Hall–Kier alpha value is -3.47. The van der Waals surface area contributed by atoms with E-state index >= 15 is 0 Å². The number of aromatic nitrogens is 1. The van der Waals surface area contributed by atoms with Crippen LogP contribution in [0.25, 0.3) is 0 Å². The number of nitrogens with zero attached hydrogens (tertiary/aromatic N) is 1. The lowest BCUT2D eigenvalue weighted by atomic mass is 9.98. The first-order valence-corrected chi connectivity index (χ1v) is 9.59. The van der Waals surface area contributed by atoms with E-state index in [1.807, 2.05) is 0 Å². The van der Waals surface area contributed by atoms with E-state index in [2.05, 4.69) is 54.6 Å². The van der Waals surface area contributed by atoms with Crippen molar-refractivity contribution in [1.82, 2.24) is 4.98 Å². The van der Waals surface area contributed by atoms with E-state index in [1.165, 1.54) is 18.7 Å². The number of amides is 1. The van der Waals surface area contributed by atoms with Gasteiger partial charge in [0.05, 0.1) is 17.4 Å². The van der Waals surface area contributed by atoms with Gasteiger partial charge in [-0.15, -0.1) is 0 Å². The number of nitrogens with one attached hydrogen (secondary N) is 2. The smallest absolute Gasteiger partial charge is 0.257 e. The number of carbonyl (C=O) groups is 2. The third kappa shape index (κ3) is 4.88. The summed E-state index contributed by atoms with van der Waals surface area (Å²) in [5.74, 6) is 0.100. The van der Waals surface area contributed by atoms with Crippen LogP contribution in [0.2, 0.25) is 0 Å². The summed E-state index contributed by atoms with van der Waals surface area (Å²) in [7, 11) is 0. The molecule has 0 bridgehead atoms. The van der Waals surface area contributed by atoms with Crippen molar-refractivity contribution in [2.45, 2.75) is 33.6 Å². The Morgan fingerprint density at radius 2 is 1.66 bits per heavy atom. The average Bonchev–Trinajstić information content (AvgIpc) is 2.70. The van der Waals surface area contributed by atoms with Crippen LogP contribution in [0, 0.1) is 6.92 Å². The van der Waals surface area contributed by atoms with Crippen molar-refractivity contribution in [2.75, 3.05) is 10.6 Å². The normalized spacial score (nSPS) is 10.7. The lowest BCUT2D eigenvalue weighted by molar-refractivity contribution is 0.101. The van der Waals surface area contributed by atoms with Crippen LogP contribution in [0.3, 0.4) is 0 Å². The largest absolute Gasteiger partial charge is 0.354 e. The minimum atomic E-state index is -0.259. The van der Waals surface area contributed by atoms with Gasteiger partial charge in [0.15, 0.2) is 5.78 Å². The molecule has 1 amide bonds. The topological polar surface area (TPSA) is 71.1 Å². The SMILES string of the molecule is CC(=O)c1ccc(NC(=O)c2cncc(Nc3c(C)cccc3C(C)C)c2)cc1. The van der Waals surface area contributed by atoms with Crippen molar-refractivity contribution in [2.24, 2.45) is 0 Å². The average molecular weight is 387 g/mol. The molecule has 1 aromatic heterocycles. The van der Waals surface area contributed by atoms with Crippen LogP contribution in [0.1, 0.15) is 58.5 Å². The fourth-order valence-corrected chi connectivity index (χ4v) is 3.11. The van der Waals surface area contributed by atoms with Crippen LogP contribution in [0.15, 0.2) is 60.9 Å². The minimum absolute atomic E-state index is 0.0113. The van der Waals surface area contributed by atoms with Gasteiger partial charge >= 0.3 is 0 Å². The number of para-hydroxylation sites is 1. The molecule has 1 heterocycles. The zero-order chi connectivity index (χ0) is 21.0. The highest BCUT2D eigenvalue weighted by Gasteiger charge is 2.12. The van der Waals surface area contributed by atoms with Gasteiger partial charge in [0.1, 0.15) is 0 Å². The fraction of sp³-hybridized carbons (Fsp3) is 0.208. The van der Waals surface area contributed by atoms with Crippen LogP contribution in [-0.2, 0) is 0 Å². The highest BCUT2D eigenvalue weighted by Crippen LogP contribution is 2.30. The number of anilines is 3. The van der Waals surface area contributed by atoms with Crippen molar-refractivity contribution in [3.63, 3.8) is 0 Å². The van der Waals surface area contributed by atoms with Crippen molar-refractivity contribution in [3.8, 4) is 0 Å². The van der Waals surface area contributed by atoms with E-state index < -0.39 is 0 Å². The van der Waals surface area contributed by atoms with E-state index in [4.69, 9.17) is 0 Å². The Labute approximate surface area is 171 Å². The summed E-state index contributed by atoms with van der Waals surface area (Å²) in [5.41, 5.74) is 5.82. The second-order valence-corrected chi connectivity index (χ2v) is 7.37. The van der Waals surface area contributed by atoms with Crippen LogP contribution < -0.4 is 10.6 Å². The molecular weight excluding hydrogens is 362 g/mol. The van der Waals surface area contributed by atoms with Gasteiger partial charge in [-0.3, -0.25) is 14.6 Å². The number of Topliss-reactive ketones (excluding diaryl/α,β-unsaturated/α-hetero) is 1. The molecule has 0 unspecified atom stereocenters. The van der Waals surface area contributed by atoms with Gasteiger partial charge in [0.2, 0.25) is 0 Å². The monoisotopic (exact) mass is 387 g/mol. The molecule has 0 radical (unpaired) electrons. The zero-order valence-corrected chi connectivity index (χ0v) is 17.1. The molecular formula is C24H25N3O2. The predicted octanol–water partition coefficient (Wildman–Crippen LogP) is 5.71. The van der Waals surface area contributed by atoms with Gasteiger partial charge in [0, 0.05) is 23.1 Å². The van der Waals surface area contributed by atoms with E-state index in [9.17, 15) is 9.59 Å². The number of hydrogen-bond acceptors (Lipinski definition) is 4. The Morgan fingerprint density at radius 1 is 0.931 bits per heavy atom. The summed E-state index contributed by atoms with van der Waals surface area (Å²) < 4.78 is 0. The van der Waals surface area contributed by atoms with Crippen LogP contribution in [0.5, 0.6) is 0 Å². The van der Waals surface area contributed by atoms with Gasteiger partial charge in [-0.05, 0) is 61.2 Å². The van der Waals surface area contributed by atoms with E-state index in [0.29, 0.717) is 22.7 Å². The summed E-state index contributed by atoms with van der Waals surface area (Å²) in [6, 6.07) is 14.8. The minimum Gasteiger partial charge on any atom is -0.354 e. The number of benzene rings is 2. The first kappa shape index (κ1) is 20.3. The predicted molar refractivity (Wildman–Crippen MR) is 117 cm³/mol. The summed E-state index contributed by atoms with van der Waals surface area (Å²) in [6.45, 7) is 7.87. The molecule has 0 atom stereocenters. The van der Waals surface area contributed by atoms with Gasteiger partial charge in [-0.25, -0.2) is 0 Å². The number of carbonyl (C=O) groups excluding carboxylic acids is 2. The molecule has 2 N–H and O–H groups in total. The first-order chi connectivity index (χ1) is 13.8. The van der Waals surface area contributed by atoms with Crippen LogP contribution >= 0.6 is 0 Å². The standard InChI is InChI=1S/C24H25N3O2/c1-15(2)22-7-5-6-16(3)23(22)26-21-12-19(13-25-14-21)24(29)27-20-10-8-18(9-11-20)17(4)28/h5-15,26H,1-4H3,(H,27,29). The lowest BCUT2D eigenvalue weighted by Crippen LogP contribution is -2.12.